The SMILES string of the molecule is N=C(N)NCCC/C=C/CCN=C(N)N. The van der Waals surface area contributed by atoms with Crippen LogP contribution < -0.4 is 22.5 Å². The van der Waals surface area contributed by atoms with Gasteiger partial charge in [0.05, 0.1) is 0 Å². The van der Waals surface area contributed by atoms with Gasteiger partial charge in [0.15, 0.2) is 11.9 Å². The molecule has 0 aliphatic carbocycles. The van der Waals surface area contributed by atoms with Crippen LogP contribution in [0, 0.1) is 5.41 Å². The second-order valence-electron chi connectivity index (χ2n) is 3.05. The third-order valence-electron chi connectivity index (χ3n) is 1.62. The molecule has 0 unspecified atom stereocenters. The molecule has 0 fully saturated rings. The Balaban J connectivity index is 3.25. The highest BCUT2D eigenvalue weighted by molar-refractivity contribution is 5.75. The normalized spacial score (nSPS) is 10.1. The van der Waals surface area contributed by atoms with Gasteiger partial charge in [-0.25, -0.2) is 0 Å². The second-order valence-corrected chi connectivity index (χ2v) is 3.05. The molecule has 6 nitrogen and oxygen atoms in total. The van der Waals surface area contributed by atoms with Gasteiger partial charge in [-0.1, -0.05) is 12.2 Å². The highest BCUT2D eigenvalue weighted by atomic mass is 15.0. The van der Waals surface area contributed by atoms with Crippen molar-refractivity contribution in [3.05, 3.63) is 12.2 Å². The summed E-state index contributed by atoms with van der Waals surface area (Å²) < 4.78 is 0. The summed E-state index contributed by atoms with van der Waals surface area (Å²) in [5.41, 5.74) is 15.4. The maximum Gasteiger partial charge on any atom is 0.185 e. The van der Waals surface area contributed by atoms with Crippen LogP contribution in [-0.4, -0.2) is 25.0 Å². The molecule has 0 aromatic carbocycles. The molecular weight excluding hydrogens is 192 g/mol. The Morgan fingerprint density at radius 3 is 2.47 bits per heavy atom. The van der Waals surface area contributed by atoms with Crippen LogP contribution in [0.15, 0.2) is 17.1 Å². The Kier molecular flexibility index (Phi) is 7.84. The van der Waals surface area contributed by atoms with Gasteiger partial charge in [-0.2, -0.15) is 0 Å². The van der Waals surface area contributed by atoms with Crippen LogP contribution in [0.4, 0.5) is 0 Å². The number of unbranched alkanes of at least 4 members (excludes halogenated alkanes) is 1. The van der Waals surface area contributed by atoms with Gasteiger partial charge >= 0.3 is 0 Å². The number of aliphatic imine (C=N–C) groups is 1. The maximum absolute atomic E-state index is 6.92. The van der Waals surface area contributed by atoms with Gasteiger partial charge in [0.2, 0.25) is 0 Å². The molecule has 0 saturated carbocycles. The van der Waals surface area contributed by atoms with E-state index in [1.165, 1.54) is 0 Å². The highest BCUT2D eigenvalue weighted by Gasteiger charge is 1.86. The van der Waals surface area contributed by atoms with Crippen molar-refractivity contribution in [3.8, 4) is 0 Å². The largest absolute Gasteiger partial charge is 0.370 e. The average Bonchev–Trinajstić information content (AvgIpc) is 2.14. The summed E-state index contributed by atoms with van der Waals surface area (Å²) in [6.45, 7) is 1.36. The first kappa shape index (κ1) is 13.3. The second kappa shape index (κ2) is 8.86. The van der Waals surface area contributed by atoms with Crippen molar-refractivity contribution in [2.24, 2.45) is 22.2 Å². The fraction of sp³-hybridized carbons (Fsp3) is 0.556. The van der Waals surface area contributed by atoms with E-state index in [0.29, 0.717) is 6.54 Å². The molecule has 0 aliphatic rings. The van der Waals surface area contributed by atoms with Crippen LogP contribution in [0.25, 0.3) is 0 Å². The Morgan fingerprint density at radius 2 is 1.87 bits per heavy atom. The summed E-state index contributed by atoms with van der Waals surface area (Å²) in [4.78, 5) is 3.85. The summed E-state index contributed by atoms with van der Waals surface area (Å²) in [5, 5.41) is 9.65. The van der Waals surface area contributed by atoms with Crippen molar-refractivity contribution in [2.45, 2.75) is 19.3 Å². The molecule has 0 aromatic heterocycles. The Hall–Kier alpha value is -1.72. The zero-order valence-corrected chi connectivity index (χ0v) is 8.87. The first-order valence-corrected chi connectivity index (χ1v) is 4.91. The van der Waals surface area contributed by atoms with E-state index in [4.69, 9.17) is 22.6 Å². The fourth-order valence-electron chi connectivity index (χ4n) is 0.947. The van der Waals surface area contributed by atoms with E-state index >= 15 is 0 Å². The predicted molar refractivity (Wildman–Crippen MR) is 63.6 cm³/mol. The first-order valence-electron chi connectivity index (χ1n) is 4.91. The third kappa shape index (κ3) is 12.3. The van der Waals surface area contributed by atoms with Gasteiger partial charge in [0.25, 0.3) is 0 Å². The molecule has 0 bridgehead atoms. The number of guanidine groups is 2. The van der Waals surface area contributed by atoms with Crippen LogP contribution in [0.3, 0.4) is 0 Å². The van der Waals surface area contributed by atoms with Gasteiger partial charge in [0, 0.05) is 13.1 Å². The Labute approximate surface area is 90.1 Å². The lowest BCUT2D eigenvalue weighted by Gasteiger charge is -2.00. The minimum atomic E-state index is 0.0201. The molecule has 0 spiro atoms. The molecule has 0 heterocycles. The van der Waals surface area contributed by atoms with Gasteiger partial charge in [-0.3, -0.25) is 10.4 Å². The fourth-order valence-corrected chi connectivity index (χ4v) is 0.947. The molecule has 15 heavy (non-hydrogen) atoms. The Morgan fingerprint density at radius 1 is 1.20 bits per heavy atom. The quantitative estimate of drug-likeness (QED) is 0.168. The van der Waals surface area contributed by atoms with Crippen LogP contribution in [0.2, 0.25) is 0 Å². The minimum Gasteiger partial charge on any atom is -0.370 e. The van der Waals surface area contributed by atoms with E-state index in [1.54, 1.807) is 0 Å². The molecule has 0 amide bonds. The topological polar surface area (TPSA) is 126 Å². The highest BCUT2D eigenvalue weighted by Crippen LogP contribution is 1.91. The first-order chi connectivity index (χ1) is 7.13. The predicted octanol–water partition coefficient (Wildman–Crippen LogP) is -0.531. The summed E-state index contributed by atoms with van der Waals surface area (Å²) >= 11 is 0. The molecule has 0 aliphatic heterocycles. The van der Waals surface area contributed by atoms with E-state index < -0.39 is 0 Å². The molecule has 86 valence electrons. The standard InChI is InChI=1S/C9H20N6/c10-8(11)14-6-4-2-1-3-5-7-15-9(12)13/h1-2H,3-7H2,(H4,10,11,14)(H4,12,13,15)/b2-1+. The number of nitrogens with one attached hydrogen (secondary N) is 2. The van der Waals surface area contributed by atoms with Crippen molar-refractivity contribution in [1.29, 1.82) is 5.41 Å². The third-order valence-corrected chi connectivity index (χ3v) is 1.62. The van der Waals surface area contributed by atoms with Gasteiger partial charge < -0.3 is 22.5 Å². The van der Waals surface area contributed by atoms with Crippen molar-refractivity contribution < 1.29 is 0 Å². The van der Waals surface area contributed by atoms with Crippen molar-refractivity contribution in [1.82, 2.24) is 5.32 Å². The molecule has 8 N–H and O–H groups in total. The molecule has 0 radical (unpaired) electrons. The molecule has 0 rings (SSSR count). The van der Waals surface area contributed by atoms with Gasteiger partial charge in [-0.15, -0.1) is 0 Å². The number of nitrogens with zero attached hydrogens (tertiary/aromatic N) is 1. The van der Waals surface area contributed by atoms with Crippen molar-refractivity contribution >= 4 is 11.9 Å². The van der Waals surface area contributed by atoms with E-state index in [9.17, 15) is 0 Å². The van der Waals surface area contributed by atoms with Crippen LogP contribution in [0.5, 0.6) is 0 Å². The molecule has 6 heteroatoms. The zero-order valence-electron chi connectivity index (χ0n) is 8.87. The van der Waals surface area contributed by atoms with E-state index in [0.717, 1.165) is 25.8 Å². The number of hydrogen-bond acceptors (Lipinski definition) is 2. The van der Waals surface area contributed by atoms with Gasteiger partial charge in [-0.05, 0) is 19.3 Å². The molecular formula is C9H20N6. The zero-order chi connectivity index (χ0) is 11.5. The minimum absolute atomic E-state index is 0.0201. The summed E-state index contributed by atoms with van der Waals surface area (Å²) in [7, 11) is 0. The Bertz CT molecular complexity index is 229. The lowest BCUT2D eigenvalue weighted by Crippen LogP contribution is -2.30. The van der Waals surface area contributed by atoms with E-state index in [2.05, 4.69) is 16.4 Å². The summed E-state index contributed by atoms with van der Waals surface area (Å²) in [5.74, 6) is 0.154. The number of hydrogen-bond donors (Lipinski definition) is 5. The van der Waals surface area contributed by atoms with Gasteiger partial charge in [0.1, 0.15) is 0 Å². The summed E-state index contributed by atoms with van der Waals surface area (Å²) in [6.07, 6.45) is 6.88. The van der Waals surface area contributed by atoms with Crippen molar-refractivity contribution in [3.63, 3.8) is 0 Å². The van der Waals surface area contributed by atoms with Crippen molar-refractivity contribution in [2.75, 3.05) is 13.1 Å². The van der Waals surface area contributed by atoms with Crippen LogP contribution in [-0.2, 0) is 0 Å². The number of nitrogens with two attached hydrogens (primary N) is 3. The van der Waals surface area contributed by atoms with E-state index in [-0.39, 0.29) is 11.9 Å². The molecule has 0 saturated heterocycles. The lowest BCUT2D eigenvalue weighted by atomic mass is 10.2. The monoisotopic (exact) mass is 212 g/mol. The average molecular weight is 212 g/mol. The number of rotatable bonds is 7. The molecule has 0 atom stereocenters. The lowest BCUT2D eigenvalue weighted by molar-refractivity contribution is 0.779. The maximum atomic E-state index is 6.92. The summed E-state index contributed by atoms with van der Waals surface area (Å²) in [6, 6.07) is 0. The van der Waals surface area contributed by atoms with Crippen LogP contribution in [0.1, 0.15) is 19.3 Å². The molecule has 0 aromatic rings. The number of allylic oxidation sites excluding steroid dienone is 1. The smallest absolute Gasteiger partial charge is 0.185 e. The van der Waals surface area contributed by atoms with Crippen LogP contribution >= 0.6 is 0 Å². The van der Waals surface area contributed by atoms with E-state index in [1.807, 2.05) is 6.08 Å².